The second-order valence-corrected chi connectivity index (χ2v) is 16.4. The first kappa shape index (κ1) is 35.2. The highest BCUT2D eigenvalue weighted by molar-refractivity contribution is 5.99. The van der Waals surface area contributed by atoms with Crippen molar-refractivity contribution in [1.29, 1.82) is 0 Å². The summed E-state index contributed by atoms with van der Waals surface area (Å²) in [5.41, 5.74) is 17.6. The third kappa shape index (κ3) is 5.08. The first-order chi connectivity index (χ1) is 30.3. The molecule has 0 unspecified atom stereocenters. The van der Waals surface area contributed by atoms with Gasteiger partial charge in [0.2, 0.25) is 0 Å². The van der Waals surface area contributed by atoms with Gasteiger partial charge in [-0.3, -0.25) is 0 Å². The molecule has 61 heavy (non-hydrogen) atoms. The molecule has 0 saturated heterocycles. The molecule has 0 aromatic heterocycles. The summed E-state index contributed by atoms with van der Waals surface area (Å²) in [5.74, 6) is 0. The van der Waals surface area contributed by atoms with E-state index in [0.29, 0.717) is 0 Å². The van der Waals surface area contributed by atoms with Crippen LogP contribution in [0.2, 0.25) is 0 Å². The maximum absolute atomic E-state index is 2.53. The van der Waals surface area contributed by atoms with Gasteiger partial charge in [-0.15, -0.1) is 0 Å². The third-order valence-corrected chi connectivity index (χ3v) is 13.4. The summed E-state index contributed by atoms with van der Waals surface area (Å²) in [6, 6.07) is 92.3. The first-order valence-corrected chi connectivity index (χ1v) is 21.3. The Hall–Kier alpha value is -7.74. The summed E-state index contributed by atoms with van der Waals surface area (Å²) in [7, 11) is 0. The van der Waals surface area contributed by atoms with Gasteiger partial charge in [-0.05, 0) is 102 Å². The lowest BCUT2D eigenvalue weighted by Gasteiger charge is -2.35. The number of anilines is 3. The van der Waals surface area contributed by atoms with Gasteiger partial charge in [0.25, 0.3) is 0 Å². The fourth-order valence-corrected chi connectivity index (χ4v) is 11.0. The van der Waals surface area contributed by atoms with Crippen LogP contribution >= 0.6 is 0 Å². The monoisotopic (exact) mass is 775 g/mol. The Morgan fingerprint density at radius 3 is 1.30 bits per heavy atom. The molecule has 0 radical (unpaired) electrons. The smallest absolute Gasteiger partial charge is 0.0714 e. The third-order valence-electron chi connectivity index (χ3n) is 13.4. The Balaban J connectivity index is 1.18. The summed E-state index contributed by atoms with van der Waals surface area (Å²) in [4.78, 5) is 2.53. The highest BCUT2D eigenvalue weighted by Gasteiger charge is 2.49. The zero-order valence-corrected chi connectivity index (χ0v) is 33.6. The topological polar surface area (TPSA) is 3.24 Å². The molecule has 12 rings (SSSR count). The normalized spacial score (nSPS) is 13.8. The first-order valence-electron chi connectivity index (χ1n) is 21.3. The van der Waals surface area contributed by atoms with Crippen molar-refractivity contribution in [3.8, 4) is 22.3 Å². The van der Waals surface area contributed by atoms with E-state index in [0.717, 1.165) is 17.1 Å². The number of hydrogen-bond acceptors (Lipinski definition) is 1. The summed E-state index contributed by atoms with van der Waals surface area (Å²) in [6.45, 7) is 0. The standard InChI is InChI=1S/C60H41N/c1-5-22-44(23-6-1)59(45-24-7-2-8-25-45)54-33-18-16-31-52(54)58-55(59)34-19-35-57(58)61(48-37-36-42-20-13-14-21-43(42)40-48)49-38-39-51-50-30-15-17-32-53(50)60(56(51)41-49,46-26-9-3-10-27-46)47-28-11-4-12-29-47/h1-41H. The number of fused-ring (bicyclic) bond motifs is 7. The van der Waals surface area contributed by atoms with Gasteiger partial charge in [0.05, 0.1) is 16.5 Å². The number of benzene rings is 10. The van der Waals surface area contributed by atoms with Crippen LogP contribution in [0.5, 0.6) is 0 Å². The van der Waals surface area contributed by atoms with E-state index in [1.807, 2.05) is 0 Å². The molecule has 0 saturated carbocycles. The molecule has 286 valence electrons. The van der Waals surface area contributed by atoms with Crippen molar-refractivity contribution in [3.05, 3.63) is 293 Å². The molecule has 0 spiro atoms. The van der Waals surface area contributed by atoms with Gasteiger partial charge in [-0.2, -0.15) is 0 Å². The minimum atomic E-state index is -0.527. The van der Waals surface area contributed by atoms with E-state index < -0.39 is 10.8 Å². The second-order valence-electron chi connectivity index (χ2n) is 16.4. The molecule has 2 aliphatic carbocycles. The summed E-state index contributed by atoms with van der Waals surface area (Å²) in [5, 5.41) is 2.43. The fraction of sp³-hybridized carbons (Fsp3) is 0.0333. The maximum atomic E-state index is 2.53. The molecule has 1 nitrogen and oxygen atoms in total. The average molecular weight is 776 g/mol. The van der Waals surface area contributed by atoms with Gasteiger partial charge in [0, 0.05) is 16.9 Å². The average Bonchev–Trinajstić information content (AvgIpc) is 3.81. The van der Waals surface area contributed by atoms with Crippen LogP contribution in [-0.4, -0.2) is 0 Å². The highest BCUT2D eigenvalue weighted by Crippen LogP contribution is 2.61. The molecule has 0 N–H and O–H groups in total. The van der Waals surface area contributed by atoms with Crippen LogP contribution in [0.1, 0.15) is 44.5 Å². The minimum Gasteiger partial charge on any atom is -0.310 e. The Kier molecular flexibility index (Phi) is 8.05. The molecule has 0 amide bonds. The lowest BCUT2D eigenvalue weighted by Crippen LogP contribution is -2.29. The van der Waals surface area contributed by atoms with Crippen LogP contribution in [-0.2, 0) is 10.8 Å². The van der Waals surface area contributed by atoms with E-state index in [9.17, 15) is 0 Å². The molecule has 0 heterocycles. The predicted molar refractivity (Wildman–Crippen MR) is 253 cm³/mol. The number of rotatable bonds is 7. The molecule has 2 aliphatic rings. The lowest BCUT2D eigenvalue weighted by molar-refractivity contribution is 0.768. The van der Waals surface area contributed by atoms with Gasteiger partial charge < -0.3 is 4.90 Å². The van der Waals surface area contributed by atoms with Crippen molar-refractivity contribution in [2.75, 3.05) is 4.90 Å². The van der Waals surface area contributed by atoms with Gasteiger partial charge in [-0.1, -0.05) is 218 Å². The van der Waals surface area contributed by atoms with Gasteiger partial charge in [0.15, 0.2) is 0 Å². The van der Waals surface area contributed by atoms with Crippen LogP contribution in [0, 0.1) is 0 Å². The predicted octanol–water partition coefficient (Wildman–Crippen LogP) is 15.0. The molecule has 0 bridgehead atoms. The van der Waals surface area contributed by atoms with Crippen molar-refractivity contribution < 1.29 is 0 Å². The van der Waals surface area contributed by atoms with Crippen molar-refractivity contribution in [2.24, 2.45) is 0 Å². The maximum Gasteiger partial charge on any atom is 0.0714 e. The van der Waals surface area contributed by atoms with E-state index in [2.05, 4.69) is 254 Å². The van der Waals surface area contributed by atoms with Crippen molar-refractivity contribution in [3.63, 3.8) is 0 Å². The Labute approximate surface area is 357 Å². The quantitative estimate of drug-likeness (QED) is 0.156. The van der Waals surface area contributed by atoms with E-state index in [1.165, 1.54) is 77.5 Å². The van der Waals surface area contributed by atoms with E-state index in [4.69, 9.17) is 0 Å². The van der Waals surface area contributed by atoms with Gasteiger partial charge in [-0.25, -0.2) is 0 Å². The summed E-state index contributed by atoms with van der Waals surface area (Å²) in [6.07, 6.45) is 0. The zero-order chi connectivity index (χ0) is 40.4. The molecule has 10 aromatic carbocycles. The van der Waals surface area contributed by atoms with E-state index >= 15 is 0 Å². The minimum absolute atomic E-state index is 0.519. The van der Waals surface area contributed by atoms with Crippen LogP contribution in [0.4, 0.5) is 17.1 Å². The highest BCUT2D eigenvalue weighted by atomic mass is 15.1. The Morgan fingerprint density at radius 1 is 0.262 bits per heavy atom. The molecular formula is C60H41N. The van der Waals surface area contributed by atoms with Crippen LogP contribution in [0.15, 0.2) is 249 Å². The van der Waals surface area contributed by atoms with Crippen molar-refractivity contribution in [1.82, 2.24) is 0 Å². The fourth-order valence-electron chi connectivity index (χ4n) is 11.0. The molecular weight excluding hydrogens is 735 g/mol. The van der Waals surface area contributed by atoms with Crippen molar-refractivity contribution >= 4 is 27.8 Å². The summed E-state index contributed by atoms with van der Waals surface area (Å²) >= 11 is 0. The van der Waals surface area contributed by atoms with Crippen LogP contribution in [0.3, 0.4) is 0 Å². The number of hydrogen-bond donors (Lipinski definition) is 0. The van der Waals surface area contributed by atoms with E-state index in [1.54, 1.807) is 0 Å². The molecule has 10 aromatic rings. The molecule has 0 atom stereocenters. The largest absolute Gasteiger partial charge is 0.310 e. The van der Waals surface area contributed by atoms with Crippen molar-refractivity contribution in [2.45, 2.75) is 10.8 Å². The number of nitrogens with zero attached hydrogens (tertiary/aromatic N) is 1. The van der Waals surface area contributed by atoms with Gasteiger partial charge >= 0.3 is 0 Å². The lowest BCUT2D eigenvalue weighted by atomic mass is 9.67. The summed E-state index contributed by atoms with van der Waals surface area (Å²) < 4.78 is 0. The zero-order valence-electron chi connectivity index (χ0n) is 33.6. The van der Waals surface area contributed by atoms with E-state index in [-0.39, 0.29) is 0 Å². The molecule has 0 fully saturated rings. The Bertz CT molecular complexity index is 3160. The van der Waals surface area contributed by atoms with Crippen LogP contribution < -0.4 is 4.90 Å². The Morgan fingerprint density at radius 2 is 0.689 bits per heavy atom. The van der Waals surface area contributed by atoms with Crippen LogP contribution in [0.25, 0.3) is 33.0 Å². The SMILES string of the molecule is c1ccc(C2(c3ccccc3)c3ccccc3-c3ccc(N(c4ccc5ccccc5c4)c4cccc5c4-c4ccccc4C5(c4ccccc4)c4ccccc4)cc32)cc1. The van der Waals surface area contributed by atoms with Gasteiger partial charge in [0.1, 0.15) is 0 Å². The molecule has 0 aliphatic heterocycles. The molecule has 1 heteroatoms. The second kappa shape index (κ2) is 13.9.